The monoisotopic (exact) mass is 232 g/mol. The molecule has 2 amide bonds. The quantitative estimate of drug-likeness (QED) is 0.771. The molecule has 1 aromatic rings. The fourth-order valence-corrected chi connectivity index (χ4v) is 1.39. The Kier molecular flexibility index (Phi) is 4.32. The number of hydrogen-bond donors (Lipinski definition) is 2. The van der Waals surface area contributed by atoms with E-state index in [1.165, 1.54) is 5.56 Å². The number of nitrogens with one attached hydrogen (secondary N) is 2. The summed E-state index contributed by atoms with van der Waals surface area (Å²) in [5.74, 6) is 0. The van der Waals surface area contributed by atoms with Crippen LogP contribution in [0.5, 0.6) is 0 Å². The maximum absolute atomic E-state index is 11.4. The maximum Gasteiger partial charge on any atom is 0.319 e. The van der Waals surface area contributed by atoms with E-state index >= 15 is 0 Å². The van der Waals surface area contributed by atoms with Gasteiger partial charge < -0.3 is 10.6 Å². The Hall–Kier alpha value is -1.77. The Morgan fingerprint density at radius 1 is 1.29 bits per heavy atom. The third-order valence-corrected chi connectivity index (χ3v) is 2.42. The second-order valence-corrected chi connectivity index (χ2v) is 4.95. The van der Waals surface area contributed by atoms with Crippen LogP contribution in [0.2, 0.25) is 0 Å². The predicted molar refractivity (Wildman–Crippen MR) is 72.4 cm³/mol. The van der Waals surface area contributed by atoms with Gasteiger partial charge in [0.25, 0.3) is 0 Å². The lowest BCUT2D eigenvalue weighted by molar-refractivity contribution is 0.253. The van der Waals surface area contributed by atoms with Gasteiger partial charge in [-0.1, -0.05) is 39.0 Å². The highest BCUT2D eigenvalue weighted by Gasteiger charge is 2.12. The van der Waals surface area contributed by atoms with Crippen molar-refractivity contribution in [2.75, 3.05) is 11.9 Å². The summed E-state index contributed by atoms with van der Waals surface area (Å²) in [6.45, 7) is 10.5. The summed E-state index contributed by atoms with van der Waals surface area (Å²) >= 11 is 0. The van der Waals surface area contributed by atoms with Gasteiger partial charge in [0, 0.05) is 12.2 Å². The summed E-state index contributed by atoms with van der Waals surface area (Å²) in [4.78, 5) is 11.4. The molecule has 0 saturated carbocycles. The summed E-state index contributed by atoms with van der Waals surface area (Å²) in [6.07, 6.45) is 1.64. The Morgan fingerprint density at radius 2 is 1.88 bits per heavy atom. The van der Waals surface area contributed by atoms with Crippen molar-refractivity contribution in [3.05, 3.63) is 42.5 Å². The van der Waals surface area contributed by atoms with Gasteiger partial charge in [0.1, 0.15) is 0 Å². The van der Waals surface area contributed by atoms with E-state index in [2.05, 4.69) is 38.0 Å². The molecule has 92 valence electrons. The number of carbonyl (C=O) groups excluding carboxylic acids is 1. The average Bonchev–Trinajstić information content (AvgIpc) is 2.26. The van der Waals surface area contributed by atoms with Crippen LogP contribution in [0, 0.1) is 0 Å². The van der Waals surface area contributed by atoms with E-state index in [4.69, 9.17) is 0 Å². The van der Waals surface area contributed by atoms with Gasteiger partial charge in [-0.25, -0.2) is 4.79 Å². The molecule has 0 spiro atoms. The first-order chi connectivity index (χ1) is 7.93. The van der Waals surface area contributed by atoms with Crippen LogP contribution >= 0.6 is 0 Å². The summed E-state index contributed by atoms with van der Waals surface area (Å²) < 4.78 is 0. The van der Waals surface area contributed by atoms with Crippen LogP contribution in [0.15, 0.2) is 36.9 Å². The summed E-state index contributed by atoms with van der Waals surface area (Å²) in [7, 11) is 0. The second kappa shape index (κ2) is 5.53. The lowest BCUT2D eigenvalue weighted by Gasteiger charge is -2.19. The van der Waals surface area contributed by atoms with E-state index in [0.29, 0.717) is 6.54 Å². The standard InChI is InChI=1S/C14H20N2O/c1-5-10-15-13(17)16-12-8-6-11(7-9-12)14(2,3)4/h5-9H,1,10H2,2-4H3,(H2,15,16,17). The van der Waals surface area contributed by atoms with Crippen LogP contribution in [0.1, 0.15) is 26.3 Å². The molecule has 3 heteroatoms. The summed E-state index contributed by atoms with van der Waals surface area (Å²) in [5.41, 5.74) is 2.16. The topological polar surface area (TPSA) is 41.1 Å². The molecule has 0 unspecified atom stereocenters. The first kappa shape index (κ1) is 13.3. The molecule has 0 fully saturated rings. The van der Waals surface area contributed by atoms with E-state index in [1.54, 1.807) is 6.08 Å². The van der Waals surface area contributed by atoms with E-state index in [1.807, 2.05) is 24.3 Å². The molecular formula is C14H20N2O. The molecule has 0 bridgehead atoms. The molecule has 2 N–H and O–H groups in total. The van der Waals surface area contributed by atoms with Crippen molar-refractivity contribution in [3.63, 3.8) is 0 Å². The Labute approximate surface area is 103 Å². The molecule has 3 nitrogen and oxygen atoms in total. The Bertz CT molecular complexity index is 388. The highest BCUT2D eigenvalue weighted by Crippen LogP contribution is 2.23. The van der Waals surface area contributed by atoms with Crippen molar-refractivity contribution in [1.29, 1.82) is 0 Å². The van der Waals surface area contributed by atoms with Gasteiger partial charge in [0.15, 0.2) is 0 Å². The molecule has 1 rings (SSSR count). The normalized spacial score (nSPS) is 10.8. The smallest absolute Gasteiger partial charge is 0.319 e. The van der Waals surface area contributed by atoms with Crippen molar-refractivity contribution >= 4 is 11.7 Å². The van der Waals surface area contributed by atoms with Crippen molar-refractivity contribution in [2.24, 2.45) is 0 Å². The van der Waals surface area contributed by atoms with Gasteiger partial charge in [-0.3, -0.25) is 0 Å². The van der Waals surface area contributed by atoms with Crippen LogP contribution in [0.4, 0.5) is 10.5 Å². The zero-order valence-corrected chi connectivity index (χ0v) is 10.7. The van der Waals surface area contributed by atoms with Gasteiger partial charge in [-0.05, 0) is 23.1 Å². The van der Waals surface area contributed by atoms with Crippen LogP contribution in [0.3, 0.4) is 0 Å². The van der Waals surface area contributed by atoms with E-state index < -0.39 is 0 Å². The number of rotatable bonds is 3. The number of hydrogen-bond acceptors (Lipinski definition) is 1. The first-order valence-electron chi connectivity index (χ1n) is 5.70. The number of urea groups is 1. The Morgan fingerprint density at radius 3 is 2.35 bits per heavy atom. The zero-order valence-electron chi connectivity index (χ0n) is 10.7. The van der Waals surface area contributed by atoms with E-state index in [-0.39, 0.29) is 11.4 Å². The fourth-order valence-electron chi connectivity index (χ4n) is 1.39. The number of benzene rings is 1. The van der Waals surface area contributed by atoms with E-state index in [0.717, 1.165) is 5.69 Å². The van der Waals surface area contributed by atoms with Crippen LogP contribution in [-0.2, 0) is 5.41 Å². The van der Waals surface area contributed by atoms with Gasteiger partial charge >= 0.3 is 6.03 Å². The lowest BCUT2D eigenvalue weighted by atomic mass is 9.87. The van der Waals surface area contributed by atoms with Crippen molar-refractivity contribution < 1.29 is 4.79 Å². The maximum atomic E-state index is 11.4. The molecule has 0 radical (unpaired) electrons. The molecule has 0 aliphatic heterocycles. The molecule has 0 atom stereocenters. The fraction of sp³-hybridized carbons (Fsp3) is 0.357. The van der Waals surface area contributed by atoms with Crippen LogP contribution in [-0.4, -0.2) is 12.6 Å². The highest BCUT2D eigenvalue weighted by atomic mass is 16.2. The minimum absolute atomic E-state index is 0.129. The van der Waals surface area contributed by atoms with Crippen molar-refractivity contribution in [2.45, 2.75) is 26.2 Å². The molecule has 0 aromatic heterocycles. The number of carbonyl (C=O) groups is 1. The second-order valence-electron chi connectivity index (χ2n) is 4.95. The van der Waals surface area contributed by atoms with Crippen LogP contribution < -0.4 is 10.6 Å². The first-order valence-corrected chi connectivity index (χ1v) is 5.70. The van der Waals surface area contributed by atoms with Crippen LogP contribution in [0.25, 0.3) is 0 Å². The van der Waals surface area contributed by atoms with Gasteiger partial charge in [-0.2, -0.15) is 0 Å². The number of amides is 2. The molecule has 1 aromatic carbocycles. The third-order valence-electron chi connectivity index (χ3n) is 2.42. The average molecular weight is 232 g/mol. The Balaban J connectivity index is 2.62. The molecule has 0 aliphatic rings. The summed E-state index contributed by atoms with van der Waals surface area (Å²) in [6, 6.07) is 7.67. The molecular weight excluding hydrogens is 212 g/mol. The van der Waals surface area contributed by atoms with Crippen molar-refractivity contribution in [1.82, 2.24) is 5.32 Å². The third kappa shape index (κ3) is 4.31. The predicted octanol–water partition coefficient (Wildman–Crippen LogP) is 3.29. The van der Waals surface area contributed by atoms with Gasteiger partial charge in [-0.15, -0.1) is 6.58 Å². The summed E-state index contributed by atoms with van der Waals surface area (Å²) in [5, 5.41) is 5.42. The van der Waals surface area contributed by atoms with Gasteiger partial charge in [0.2, 0.25) is 0 Å². The zero-order chi connectivity index (χ0) is 12.9. The molecule has 17 heavy (non-hydrogen) atoms. The lowest BCUT2D eigenvalue weighted by Crippen LogP contribution is -2.28. The minimum atomic E-state index is -0.214. The van der Waals surface area contributed by atoms with E-state index in [9.17, 15) is 4.79 Å². The minimum Gasteiger partial charge on any atom is -0.334 e. The SMILES string of the molecule is C=CCNC(=O)Nc1ccc(C(C)(C)C)cc1. The molecule has 0 saturated heterocycles. The van der Waals surface area contributed by atoms with Crippen molar-refractivity contribution in [3.8, 4) is 0 Å². The molecule has 0 aliphatic carbocycles. The number of anilines is 1. The van der Waals surface area contributed by atoms with Gasteiger partial charge in [0.05, 0.1) is 0 Å². The molecule has 0 heterocycles. The largest absolute Gasteiger partial charge is 0.334 e. The highest BCUT2D eigenvalue weighted by molar-refractivity contribution is 5.89.